The average molecular weight is 1320 g/mol. The van der Waals surface area contributed by atoms with E-state index in [1.165, 1.54) is 0 Å². The molecule has 0 aromatic rings. The van der Waals surface area contributed by atoms with Gasteiger partial charge in [0.1, 0.15) is 41.7 Å². The van der Waals surface area contributed by atoms with E-state index in [-0.39, 0.29) is 111 Å². The van der Waals surface area contributed by atoms with Gasteiger partial charge in [-0.25, -0.2) is 0 Å². The van der Waals surface area contributed by atoms with Gasteiger partial charge in [0.15, 0.2) is 33.3 Å². The number of ketones is 2. The zero-order valence-corrected chi connectivity index (χ0v) is 65.9. The number of hydrogen-bond donors (Lipinski definition) is 0. The van der Waals surface area contributed by atoms with Crippen LogP contribution >= 0.6 is 0 Å². The molecule has 88 heavy (non-hydrogen) atoms. The lowest BCUT2D eigenvalue weighted by Gasteiger charge is -2.55. The van der Waals surface area contributed by atoms with Crippen molar-refractivity contribution in [2.24, 2.45) is 11.8 Å². The van der Waals surface area contributed by atoms with Crippen molar-refractivity contribution >= 4 is 53.2 Å². The van der Waals surface area contributed by atoms with Crippen molar-refractivity contribution in [2.45, 2.75) is 370 Å². The SMILES string of the molecule is C=C1CC2CCC(=O)CC=C(O[Si](C)(C)C(C)(C)C)[C@@H]3O[C@H]4CCC(CC(=O)C[C@@H]5[C@@H](OC)[C@@H](C[C@@H](CO[Si](C)(C)C(C)(C)C)O[Si](C)(C)C(C)(C)C)O[C@H]5CC5O[C@@H](CCC1O2)C[C@@H](C)C5=C)O[C@@H]4[C@H](O[Si](C)(C)C(C)(C)C)[C@@H]3O[Si](C)(C)C(C)(C)C. The molecule has 0 N–H and O–H groups in total. The predicted molar refractivity (Wildman–Crippen MR) is 371 cm³/mol. The maximum Gasteiger partial charge on any atom is 0.250 e. The van der Waals surface area contributed by atoms with E-state index in [0.29, 0.717) is 50.9 Å². The average Bonchev–Trinajstić information content (AvgIpc) is 0.954. The molecule has 8 aliphatic rings. The predicted octanol–water partition coefficient (Wildman–Crippen LogP) is 17.5. The van der Waals surface area contributed by atoms with Crippen molar-refractivity contribution in [2.75, 3.05) is 13.7 Å². The molecule has 18 heteroatoms. The molecule has 13 nitrogen and oxygen atoms in total. The molecule has 4 unspecified atom stereocenters. The van der Waals surface area contributed by atoms with E-state index < -0.39 is 84.3 Å². The smallest absolute Gasteiger partial charge is 0.250 e. The Bertz CT molecular complexity index is 2420. The molecule has 5 fully saturated rings. The topological polar surface area (TPSA) is 136 Å². The van der Waals surface area contributed by atoms with Crippen molar-refractivity contribution < 1.29 is 60.1 Å². The fourth-order valence-electron chi connectivity index (χ4n) is 12.4. The van der Waals surface area contributed by atoms with E-state index >= 15 is 4.79 Å². The fourth-order valence-corrected chi connectivity index (χ4v) is 18.4. The van der Waals surface area contributed by atoms with Gasteiger partial charge in [-0.15, -0.1) is 0 Å². The first-order valence-electron chi connectivity index (χ1n) is 34.2. The molecular formula is C70H130O13Si5. The van der Waals surface area contributed by atoms with Gasteiger partial charge in [0.2, 0.25) is 8.32 Å². The summed E-state index contributed by atoms with van der Waals surface area (Å²) < 4.78 is 80.2. The number of Topliss-reactive ketones (excluding diaryl/α,β-unsaturated/α-hetero) is 2. The fraction of sp³-hybridized carbons (Fsp3) is 0.886. The molecule has 16 atom stereocenters. The van der Waals surface area contributed by atoms with Crippen LogP contribution in [0.2, 0.25) is 90.7 Å². The molecule has 508 valence electrons. The number of carbonyl (C=O) groups excluding carboxylic acids is 2. The van der Waals surface area contributed by atoms with Crippen molar-refractivity contribution in [1.82, 2.24) is 0 Å². The van der Waals surface area contributed by atoms with E-state index in [4.69, 9.17) is 50.6 Å². The van der Waals surface area contributed by atoms with Gasteiger partial charge in [-0.2, -0.15) is 0 Å². The second kappa shape index (κ2) is 28.4. The number of hydrogen-bond acceptors (Lipinski definition) is 13. The lowest BCUT2D eigenvalue weighted by atomic mass is 9.81. The Kier molecular flexibility index (Phi) is 24.5. The molecule has 8 rings (SSSR count). The van der Waals surface area contributed by atoms with Crippen LogP contribution in [0.5, 0.6) is 0 Å². The lowest BCUT2D eigenvalue weighted by molar-refractivity contribution is -0.253. The second-order valence-corrected chi connectivity index (χ2v) is 59.3. The third-order valence-corrected chi connectivity index (χ3v) is 45.8. The summed E-state index contributed by atoms with van der Waals surface area (Å²) in [6.45, 7) is 68.9. The van der Waals surface area contributed by atoms with Crippen LogP contribution in [0.1, 0.15) is 194 Å². The molecule has 0 saturated carbocycles. The molecule has 0 radical (unpaired) electrons. The van der Waals surface area contributed by atoms with Gasteiger partial charge in [-0.1, -0.05) is 124 Å². The highest BCUT2D eigenvalue weighted by Gasteiger charge is 2.58. The van der Waals surface area contributed by atoms with Gasteiger partial charge in [-0.3, -0.25) is 9.59 Å². The number of rotatable bonds is 14. The third-order valence-electron chi connectivity index (χ3n) is 23.5. The van der Waals surface area contributed by atoms with Crippen molar-refractivity contribution in [3.63, 3.8) is 0 Å². The van der Waals surface area contributed by atoms with Crippen LogP contribution in [0.4, 0.5) is 0 Å². The van der Waals surface area contributed by atoms with E-state index in [1.807, 2.05) is 6.08 Å². The van der Waals surface area contributed by atoms with E-state index in [1.54, 1.807) is 7.11 Å². The summed E-state index contributed by atoms with van der Waals surface area (Å²) in [7, 11) is -10.4. The minimum atomic E-state index is -2.61. The Balaban J connectivity index is 1.45. The zero-order valence-electron chi connectivity index (χ0n) is 60.9. The summed E-state index contributed by atoms with van der Waals surface area (Å²) in [6, 6.07) is 0. The highest BCUT2D eigenvalue weighted by Crippen LogP contribution is 2.50. The van der Waals surface area contributed by atoms with Gasteiger partial charge in [0.05, 0.1) is 67.6 Å². The Morgan fingerprint density at radius 1 is 0.557 bits per heavy atom. The molecule has 0 amide bonds. The van der Waals surface area contributed by atoms with Crippen LogP contribution in [0.3, 0.4) is 0 Å². The summed E-state index contributed by atoms with van der Waals surface area (Å²) in [5.74, 6) is 0.822. The quantitative estimate of drug-likeness (QED) is 0.121. The van der Waals surface area contributed by atoms with Gasteiger partial charge >= 0.3 is 0 Å². The highest BCUT2D eigenvalue weighted by atomic mass is 28.4. The second-order valence-electron chi connectivity index (χ2n) is 35.5. The summed E-state index contributed by atoms with van der Waals surface area (Å²) in [6.07, 6.45) is 4.08. The van der Waals surface area contributed by atoms with E-state index in [0.717, 1.165) is 36.8 Å². The first kappa shape index (κ1) is 76.1. The lowest BCUT2D eigenvalue weighted by Crippen LogP contribution is -2.67. The normalized spacial score (nSPS) is 33.4. The van der Waals surface area contributed by atoms with Crippen molar-refractivity contribution in [3.05, 3.63) is 36.1 Å². The van der Waals surface area contributed by atoms with E-state index in [9.17, 15) is 4.79 Å². The van der Waals surface area contributed by atoms with Crippen LogP contribution in [0, 0.1) is 11.8 Å². The first-order chi connectivity index (χ1) is 40.0. The monoisotopic (exact) mass is 1320 g/mol. The highest BCUT2D eigenvalue weighted by molar-refractivity contribution is 6.76. The Morgan fingerprint density at radius 2 is 1.10 bits per heavy atom. The van der Waals surface area contributed by atoms with Crippen LogP contribution in [0.25, 0.3) is 0 Å². The van der Waals surface area contributed by atoms with Crippen molar-refractivity contribution in [1.29, 1.82) is 0 Å². The molecule has 0 spiro atoms. The largest absolute Gasteiger partial charge is 0.545 e. The Labute approximate surface area is 542 Å². The van der Waals surface area contributed by atoms with Crippen molar-refractivity contribution in [3.8, 4) is 0 Å². The van der Waals surface area contributed by atoms with Crippen LogP contribution < -0.4 is 0 Å². The van der Waals surface area contributed by atoms with E-state index in [2.05, 4.69) is 189 Å². The maximum absolute atomic E-state index is 15.4. The molecule has 0 aromatic carbocycles. The number of fused-ring (bicyclic) bond motifs is 2. The Morgan fingerprint density at radius 3 is 1.67 bits per heavy atom. The van der Waals surface area contributed by atoms with Crippen LogP contribution in [-0.2, 0) is 60.1 Å². The molecule has 8 aliphatic heterocycles. The summed E-state index contributed by atoms with van der Waals surface area (Å²) in [5.41, 5.74) is 2.14. The molecule has 8 bridgehead atoms. The standard InChI is InChI=1S/C70H130O13Si5/c1-45-38-51-33-36-55-46(2)39-50(75-55)32-30-48(71)31-35-57(81-86(24,25)68(10,11)12)63-65(83-88(28,29)70(16,17)18)64(82-87(26,27)69(13,14)15)62-56(79-63)37-34-52(77-62)40-49(72)41-54-59(43-58(76-51)47(45)3)78-60(61(54)73-19)42-53(80-85(22,23)67(7,8)9)44-74-84(20,21)66(4,5)6/h35,45,50-56,58-65H,2-3,30-34,36-44H2,1,4-29H3/t45-,50?,51+,52?,53+,54+,55?,56+,58?,59+,60-,61-,62+,63+,64+,65-/m1/s1. The molecular weight excluding hydrogens is 1190 g/mol. The third kappa shape index (κ3) is 18.5. The minimum Gasteiger partial charge on any atom is -0.545 e. The van der Waals surface area contributed by atoms with Gasteiger partial charge in [-0.05, 0) is 159 Å². The molecule has 8 heterocycles. The summed E-state index contributed by atoms with van der Waals surface area (Å²) >= 11 is 0. The summed E-state index contributed by atoms with van der Waals surface area (Å²) in [5, 5.41) is -0.491. The maximum atomic E-state index is 15.4. The Hall–Kier alpha value is -0.956. The van der Waals surface area contributed by atoms with Gasteiger partial charge in [0.25, 0.3) is 0 Å². The summed E-state index contributed by atoms with van der Waals surface area (Å²) in [4.78, 5) is 29.7. The number of allylic oxidation sites excluding steroid dienone is 1. The number of ether oxygens (including phenoxy) is 6. The minimum absolute atomic E-state index is 0.0185. The number of methoxy groups -OCH3 is 1. The van der Waals surface area contributed by atoms with Gasteiger partial charge < -0.3 is 50.6 Å². The van der Waals surface area contributed by atoms with Crippen LogP contribution in [-0.4, -0.2) is 152 Å². The van der Waals surface area contributed by atoms with Crippen LogP contribution in [0.15, 0.2) is 36.1 Å². The zero-order chi connectivity index (χ0) is 66.5. The molecule has 0 aromatic heterocycles. The number of carbonyl (C=O) groups is 2. The molecule has 0 aliphatic carbocycles. The van der Waals surface area contributed by atoms with Gasteiger partial charge in [0, 0.05) is 51.6 Å². The molecule has 5 saturated heterocycles. The first-order valence-corrected chi connectivity index (χ1v) is 48.8.